The number of ether oxygens (including phenoxy) is 1. The summed E-state index contributed by atoms with van der Waals surface area (Å²) in [4.78, 5) is 30.7. The lowest BCUT2D eigenvalue weighted by atomic mass is 10.2. The van der Waals surface area contributed by atoms with Crippen molar-refractivity contribution in [1.82, 2.24) is 4.90 Å². The van der Waals surface area contributed by atoms with Gasteiger partial charge in [0.25, 0.3) is 11.8 Å². The zero-order valence-electron chi connectivity index (χ0n) is 18.6. The van der Waals surface area contributed by atoms with Gasteiger partial charge in [0.05, 0.1) is 27.6 Å². The van der Waals surface area contributed by atoms with Crippen LogP contribution in [0.1, 0.15) is 32.0 Å². The Morgan fingerprint density at radius 2 is 1.79 bits per heavy atom. The maximum absolute atomic E-state index is 13.3. The molecular formula is C25H26ClN3O3S. The van der Waals surface area contributed by atoms with E-state index < -0.39 is 0 Å². The van der Waals surface area contributed by atoms with Crippen LogP contribution in [-0.4, -0.2) is 50.0 Å². The van der Waals surface area contributed by atoms with Gasteiger partial charge < -0.3 is 19.9 Å². The maximum Gasteiger partial charge on any atom is 0.264 e. The quantitative estimate of drug-likeness (QED) is 0.533. The fourth-order valence-electron chi connectivity index (χ4n) is 3.90. The van der Waals surface area contributed by atoms with E-state index in [-0.39, 0.29) is 11.8 Å². The molecule has 0 unspecified atom stereocenters. The van der Waals surface area contributed by atoms with Crippen LogP contribution < -0.4 is 15.0 Å². The first-order valence-electron chi connectivity index (χ1n) is 10.8. The summed E-state index contributed by atoms with van der Waals surface area (Å²) in [6.45, 7) is 4.89. The summed E-state index contributed by atoms with van der Waals surface area (Å²) >= 11 is 7.44. The maximum atomic E-state index is 13.3. The molecule has 1 saturated heterocycles. The minimum absolute atomic E-state index is 0.00678. The van der Waals surface area contributed by atoms with Crippen LogP contribution in [0.3, 0.4) is 0 Å². The van der Waals surface area contributed by atoms with Crippen molar-refractivity contribution in [3.8, 4) is 5.75 Å². The van der Waals surface area contributed by atoms with Crippen molar-refractivity contribution in [1.29, 1.82) is 0 Å². The van der Waals surface area contributed by atoms with E-state index in [0.29, 0.717) is 33.6 Å². The Balaban J connectivity index is 1.42. The Hall–Kier alpha value is -3.03. The van der Waals surface area contributed by atoms with E-state index >= 15 is 0 Å². The van der Waals surface area contributed by atoms with E-state index in [4.69, 9.17) is 16.3 Å². The topological polar surface area (TPSA) is 61.9 Å². The number of aryl methyl sites for hydroxylation is 1. The van der Waals surface area contributed by atoms with Crippen molar-refractivity contribution in [2.24, 2.45) is 0 Å². The summed E-state index contributed by atoms with van der Waals surface area (Å²) in [5, 5.41) is 3.90. The first kappa shape index (κ1) is 23.1. The molecule has 8 heteroatoms. The van der Waals surface area contributed by atoms with Crippen LogP contribution in [0.4, 0.5) is 10.7 Å². The van der Waals surface area contributed by atoms with Crippen molar-refractivity contribution in [2.45, 2.75) is 13.3 Å². The van der Waals surface area contributed by atoms with Crippen LogP contribution in [0.15, 0.2) is 54.6 Å². The molecule has 2 aromatic carbocycles. The second-order valence-electron chi connectivity index (χ2n) is 7.89. The van der Waals surface area contributed by atoms with Gasteiger partial charge in [-0.15, -0.1) is 11.3 Å². The fraction of sp³-hybridized carbons (Fsp3) is 0.280. The smallest absolute Gasteiger partial charge is 0.264 e. The number of amides is 2. The molecule has 2 amide bonds. The molecule has 1 aliphatic heterocycles. The molecule has 1 aliphatic rings. The minimum Gasteiger partial charge on any atom is -0.497 e. The molecule has 33 heavy (non-hydrogen) atoms. The predicted molar refractivity (Wildman–Crippen MR) is 134 cm³/mol. The standard InChI is InChI=1S/C25H26ClN3O3S/c1-17-16-22(27-24(30)20-6-3-4-7-21(20)26)33-23(17)25(31)29-13-5-12-28(14-15-29)18-8-10-19(32-2)11-9-18/h3-4,6-11,16H,5,12-15H2,1-2H3,(H,27,30). The number of carbonyl (C=O) groups is 2. The number of nitrogens with one attached hydrogen (secondary N) is 1. The number of nitrogens with zero attached hydrogens (tertiary/aromatic N) is 2. The number of rotatable bonds is 5. The number of anilines is 2. The van der Waals surface area contributed by atoms with Gasteiger partial charge >= 0.3 is 0 Å². The van der Waals surface area contributed by atoms with Gasteiger partial charge in [0.15, 0.2) is 0 Å². The monoisotopic (exact) mass is 483 g/mol. The van der Waals surface area contributed by atoms with Gasteiger partial charge in [0.2, 0.25) is 0 Å². The van der Waals surface area contributed by atoms with Crippen LogP contribution >= 0.6 is 22.9 Å². The van der Waals surface area contributed by atoms with Gasteiger partial charge in [-0.3, -0.25) is 9.59 Å². The number of carbonyl (C=O) groups excluding carboxylic acids is 2. The van der Waals surface area contributed by atoms with Crippen molar-refractivity contribution >= 4 is 45.4 Å². The number of benzene rings is 2. The van der Waals surface area contributed by atoms with Gasteiger partial charge in [-0.25, -0.2) is 0 Å². The molecule has 3 aromatic rings. The van der Waals surface area contributed by atoms with Crippen molar-refractivity contribution in [3.05, 3.63) is 75.6 Å². The van der Waals surface area contributed by atoms with Crippen LogP contribution in [0, 0.1) is 6.92 Å². The van der Waals surface area contributed by atoms with E-state index in [1.807, 2.05) is 42.2 Å². The number of methoxy groups -OCH3 is 1. The molecule has 0 atom stereocenters. The molecule has 1 N–H and O–H groups in total. The molecule has 0 saturated carbocycles. The van der Waals surface area contributed by atoms with E-state index in [1.54, 1.807) is 31.4 Å². The van der Waals surface area contributed by atoms with Crippen molar-refractivity contribution < 1.29 is 14.3 Å². The summed E-state index contributed by atoms with van der Waals surface area (Å²) in [6, 6.07) is 16.8. The normalized spacial score (nSPS) is 14.0. The summed E-state index contributed by atoms with van der Waals surface area (Å²) in [7, 11) is 1.66. The molecule has 0 spiro atoms. The Morgan fingerprint density at radius 3 is 2.52 bits per heavy atom. The first-order valence-corrected chi connectivity index (χ1v) is 12.0. The highest BCUT2D eigenvalue weighted by molar-refractivity contribution is 7.18. The Bertz CT molecular complexity index is 1150. The molecule has 0 bridgehead atoms. The van der Waals surface area contributed by atoms with Crippen LogP contribution in [0.2, 0.25) is 5.02 Å². The van der Waals surface area contributed by atoms with E-state index in [9.17, 15) is 9.59 Å². The Kier molecular flexibility index (Phi) is 7.20. The molecule has 172 valence electrons. The molecule has 2 heterocycles. The number of halogens is 1. The molecule has 4 rings (SSSR count). The SMILES string of the molecule is COc1ccc(N2CCCN(C(=O)c3sc(NC(=O)c4ccccc4Cl)cc3C)CC2)cc1. The van der Waals surface area contributed by atoms with Crippen LogP contribution in [0.25, 0.3) is 0 Å². The van der Waals surface area contributed by atoms with Crippen molar-refractivity contribution in [2.75, 3.05) is 43.5 Å². The third-order valence-electron chi connectivity index (χ3n) is 5.69. The molecule has 1 fully saturated rings. The molecule has 1 aromatic heterocycles. The third-order valence-corrected chi connectivity index (χ3v) is 7.16. The highest BCUT2D eigenvalue weighted by Gasteiger charge is 2.24. The number of thiophene rings is 1. The highest BCUT2D eigenvalue weighted by Crippen LogP contribution is 2.29. The second kappa shape index (κ2) is 10.3. The first-order chi connectivity index (χ1) is 16.0. The minimum atomic E-state index is -0.286. The van der Waals surface area contributed by atoms with Gasteiger partial charge in [0.1, 0.15) is 5.75 Å². The predicted octanol–water partition coefficient (Wildman–Crippen LogP) is 5.32. The van der Waals surface area contributed by atoms with Crippen LogP contribution in [0.5, 0.6) is 5.75 Å². The fourth-order valence-corrected chi connectivity index (χ4v) is 5.15. The largest absolute Gasteiger partial charge is 0.497 e. The van der Waals surface area contributed by atoms with Gasteiger partial charge in [-0.2, -0.15) is 0 Å². The second-order valence-corrected chi connectivity index (χ2v) is 9.35. The summed E-state index contributed by atoms with van der Waals surface area (Å²) in [5.74, 6) is 0.550. The lowest BCUT2D eigenvalue weighted by Gasteiger charge is -2.24. The van der Waals surface area contributed by atoms with Gasteiger partial charge in [0, 0.05) is 31.9 Å². The molecule has 0 aliphatic carbocycles. The lowest BCUT2D eigenvalue weighted by Crippen LogP contribution is -2.35. The lowest BCUT2D eigenvalue weighted by molar-refractivity contribution is 0.0771. The summed E-state index contributed by atoms with van der Waals surface area (Å²) in [6.07, 6.45) is 0.887. The summed E-state index contributed by atoms with van der Waals surface area (Å²) in [5.41, 5.74) is 2.39. The van der Waals surface area contributed by atoms with Crippen LogP contribution in [-0.2, 0) is 0 Å². The van der Waals surface area contributed by atoms with Gasteiger partial charge in [-0.05, 0) is 61.4 Å². The van der Waals surface area contributed by atoms with Gasteiger partial charge in [-0.1, -0.05) is 23.7 Å². The summed E-state index contributed by atoms with van der Waals surface area (Å²) < 4.78 is 5.24. The third kappa shape index (κ3) is 5.31. The molecule has 6 nitrogen and oxygen atoms in total. The van der Waals surface area contributed by atoms with E-state index in [2.05, 4.69) is 10.2 Å². The zero-order valence-corrected chi connectivity index (χ0v) is 20.2. The Labute approximate surface area is 202 Å². The number of hydrogen-bond donors (Lipinski definition) is 1. The van der Waals surface area contributed by atoms with E-state index in [0.717, 1.165) is 36.5 Å². The van der Waals surface area contributed by atoms with Crippen molar-refractivity contribution in [3.63, 3.8) is 0 Å². The average Bonchev–Trinajstić information content (AvgIpc) is 3.02. The van der Waals surface area contributed by atoms with E-state index in [1.165, 1.54) is 11.3 Å². The molecular weight excluding hydrogens is 458 g/mol. The highest BCUT2D eigenvalue weighted by atomic mass is 35.5. The Morgan fingerprint density at radius 1 is 1.03 bits per heavy atom. The number of hydrogen-bond acceptors (Lipinski definition) is 5. The zero-order chi connectivity index (χ0) is 23.4. The average molecular weight is 484 g/mol. The molecule has 0 radical (unpaired) electrons.